The van der Waals surface area contributed by atoms with Crippen LogP contribution in [0.5, 0.6) is 0 Å². The molecule has 2 atom stereocenters. The predicted molar refractivity (Wildman–Crippen MR) is 71.6 cm³/mol. The van der Waals surface area contributed by atoms with Crippen LogP contribution in [0.3, 0.4) is 0 Å². The molecule has 0 aliphatic rings. The van der Waals surface area contributed by atoms with Gasteiger partial charge < -0.3 is 10.1 Å². The minimum absolute atomic E-state index is 0.349. The Morgan fingerprint density at radius 2 is 2.00 bits per heavy atom. The van der Waals surface area contributed by atoms with Crippen LogP contribution >= 0.6 is 15.9 Å². The van der Waals surface area contributed by atoms with E-state index >= 15 is 0 Å². The zero-order chi connectivity index (χ0) is 12.0. The molecule has 0 aliphatic heterocycles. The third-order valence-corrected chi connectivity index (χ3v) is 3.38. The summed E-state index contributed by atoms with van der Waals surface area (Å²) in [4.78, 5) is 0. The molecule has 0 radical (unpaired) electrons. The Balaban J connectivity index is 2.52. The molecule has 16 heavy (non-hydrogen) atoms. The maximum Gasteiger partial charge on any atom is 0.0476 e. The number of hydrogen-bond donors (Lipinski definition) is 1. The van der Waals surface area contributed by atoms with Crippen molar-refractivity contribution in [3.05, 3.63) is 34.3 Å². The van der Waals surface area contributed by atoms with Crippen LogP contribution in [-0.4, -0.2) is 19.8 Å². The van der Waals surface area contributed by atoms with Crippen molar-refractivity contribution in [1.29, 1.82) is 0 Å². The number of hydrogen-bond acceptors (Lipinski definition) is 2. The molecule has 0 amide bonds. The third-order valence-electron chi connectivity index (χ3n) is 2.66. The molecule has 1 rings (SSSR count). The average Bonchev–Trinajstić information content (AvgIpc) is 2.26. The predicted octanol–water partition coefficient (Wildman–Crippen LogP) is 3.52. The van der Waals surface area contributed by atoms with E-state index in [0.717, 1.165) is 17.5 Å². The fourth-order valence-electron chi connectivity index (χ4n) is 1.72. The lowest BCUT2D eigenvalue weighted by atomic mass is 10.1. The summed E-state index contributed by atoms with van der Waals surface area (Å²) in [7, 11) is 1.74. The first-order chi connectivity index (χ1) is 7.65. The minimum Gasteiger partial charge on any atom is -0.385 e. The number of benzene rings is 1. The largest absolute Gasteiger partial charge is 0.385 e. The summed E-state index contributed by atoms with van der Waals surface area (Å²) < 4.78 is 6.24. The Hall–Kier alpha value is -0.380. The van der Waals surface area contributed by atoms with E-state index in [2.05, 4.69) is 53.3 Å². The third kappa shape index (κ3) is 4.24. The average molecular weight is 286 g/mol. The molecular weight excluding hydrogens is 266 g/mol. The molecule has 0 heterocycles. The lowest BCUT2D eigenvalue weighted by Gasteiger charge is -2.21. The van der Waals surface area contributed by atoms with Crippen LogP contribution in [-0.2, 0) is 4.74 Å². The summed E-state index contributed by atoms with van der Waals surface area (Å²) in [5.41, 5.74) is 1.30. The van der Waals surface area contributed by atoms with Crippen LogP contribution in [0.1, 0.15) is 31.9 Å². The lowest BCUT2D eigenvalue weighted by Crippen LogP contribution is -2.30. The van der Waals surface area contributed by atoms with E-state index < -0.39 is 0 Å². The van der Waals surface area contributed by atoms with Crippen LogP contribution in [0.4, 0.5) is 0 Å². The molecule has 0 aliphatic carbocycles. The molecule has 0 fully saturated rings. The van der Waals surface area contributed by atoms with Gasteiger partial charge in [-0.05, 0) is 31.9 Å². The smallest absolute Gasteiger partial charge is 0.0476 e. The molecule has 0 saturated heterocycles. The van der Waals surface area contributed by atoms with Gasteiger partial charge in [0.15, 0.2) is 0 Å². The van der Waals surface area contributed by atoms with Gasteiger partial charge in [0.05, 0.1) is 0 Å². The molecular formula is C13H20BrNO. The zero-order valence-electron chi connectivity index (χ0n) is 10.2. The standard InChI is InChI=1S/C13H20BrNO/c1-10(8-9-16-3)15-11(2)12-6-4-5-7-13(12)14/h4-7,10-11,15H,8-9H2,1-3H3. The van der Waals surface area contributed by atoms with Crippen molar-refractivity contribution in [3.8, 4) is 0 Å². The van der Waals surface area contributed by atoms with Crippen molar-refractivity contribution in [2.24, 2.45) is 0 Å². The van der Waals surface area contributed by atoms with Crippen LogP contribution in [0, 0.1) is 0 Å². The highest BCUT2D eigenvalue weighted by Gasteiger charge is 2.11. The molecule has 0 saturated carbocycles. The van der Waals surface area contributed by atoms with Crippen LogP contribution in [0.25, 0.3) is 0 Å². The molecule has 1 aromatic carbocycles. The molecule has 1 aromatic rings. The lowest BCUT2D eigenvalue weighted by molar-refractivity contribution is 0.183. The fourth-order valence-corrected chi connectivity index (χ4v) is 2.35. The van der Waals surface area contributed by atoms with E-state index in [0.29, 0.717) is 12.1 Å². The first-order valence-corrected chi connectivity index (χ1v) is 6.44. The van der Waals surface area contributed by atoms with Crippen LogP contribution < -0.4 is 5.32 Å². The normalized spacial score (nSPS) is 14.8. The second-order valence-corrected chi connectivity index (χ2v) is 4.95. The van der Waals surface area contributed by atoms with Gasteiger partial charge in [-0.15, -0.1) is 0 Å². The second-order valence-electron chi connectivity index (χ2n) is 4.09. The van der Waals surface area contributed by atoms with Gasteiger partial charge >= 0.3 is 0 Å². The SMILES string of the molecule is COCCC(C)NC(C)c1ccccc1Br. The number of ether oxygens (including phenoxy) is 1. The van der Waals surface area contributed by atoms with Crippen LogP contribution in [0.2, 0.25) is 0 Å². The van der Waals surface area contributed by atoms with Crippen molar-refractivity contribution < 1.29 is 4.74 Å². The maximum atomic E-state index is 5.07. The van der Waals surface area contributed by atoms with E-state index in [1.165, 1.54) is 5.56 Å². The molecule has 0 spiro atoms. The van der Waals surface area contributed by atoms with Crippen molar-refractivity contribution >= 4 is 15.9 Å². The van der Waals surface area contributed by atoms with Gasteiger partial charge in [0.1, 0.15) is 0 Å². The summed E-state index contributed by atoms with van der Waals surface area (Å²) in [6, 6.07) is 9.13. The Morgan fingerprint density at radius 1 is 1.31 bits per heavy atom. The van der Waals surface area contributed by atoms with E-state index in [1.807, 2.05) is 6.07 Å². The molecule has 0 bridgehead atoms. The molecule has 1 N–H and O–H groups in total. The maximum absolute atomic E-state index is 5.07. The molecule has 2 nitrogen and oxygen atoms in total. The zero-order valence-corrected chi connectivity index (χ0v) is 11.8. The highest BCUT2D eigenvalue weighted by molar-refractivity contribution is 9.10. The topological polar surface area (TPSA) is 21.3 Å². The van der Waals surface area contributed by atoms with Gasteiger partial charge in [-0.1, -0.05) is 34.1 Å². The minimum atomic E-state index is 0.349. The summed E-state index contributed by atoms with van der Waals surface area (Å²) in [6.07, 6.45) is 1.03. The van der Waals surface area contributed by atoms with Crippen molar-refractivity contribution in [1.82, 2.24) is 5.32 Å². The second kappa shape index (κ2) is 7.05. The van der Waals surface area contributed by atoms with Gasteiger partial charge in [-0.2, -0.15) is 0 Å². The number of nitrogens with one attached hydrogen (secondary N) is 1. The monoisotopic (exact) mass is 285 g/mol. The first kappa shape index (κ1) is 13.7. The van der Waals surface area contributed by atoms with E-state index in [-0.39, 0.29) is 0 Å². The van der Waals surface area contributed by atoms with Gasteiger partial charge in [0, 0.05) is 30.3 Å². The molecule has 90 valence electrons. The quantitative estimate of drug-likeness (QED) is 0.864. The van der Waals surface area contributed by atoms with E-state index in [1.54, 1.807) is 7.11 Å². The fraction of sp³-hybridized carbons (Fsp3) is 0.538. The van der Waals surface area contributed by atoms with Gasteiger partial charge in [-0.25, -0.2) is 0 Å². The Bertz CT molecular complexity index is 317. The number of halogens is 1. The number of methoxy groups -OCH3 is 1. The first-order valence-electron chi connectivity index (χ1n) is 5.64. The van der Waals surface area contributed by atoms with Crippen LogP contribution in [0.15, 0.2) is 28.7 Å². The Kier molecular flexibility index (Phi) is 6.03. The van der Waals surface area contributed by atoms with E-state index in [9.17, 15) is 0 Å². The summed E-state index contributed by atoms with van der Waals surface area (Å²) in [5.74, 6) is 0. The van der Waals surface area contributed by atoms with Gasteiger partial charge in [0.25, 0.3) is 0 Å². The summed E-state index contributed by atoms with van der Waals surface area (Å²) in [6.45, 7) is 5.17. The van der Waals surface area contributed by atoms with Gasteiger partial charge in [0.2, 0.25) is 0 Å². The molecule has 0 aromatic heterocycles. The highest BCUT2D eigenvalue weighted by Crippen LogP contribution is 2.23. The summed E-state index contributed by atoms with van der Waals surface area (Å²) in [5, 5.41) is 3.56. The van der Waals surface area contributed by atoms with Crippen molar-refractivity contribution in [2.45, 2.75) is 32.4 Å². The van der Waals surface area contributed by atoms with Crippen molar-refractivity contribution in [2.75, 3.05) is 13.7 Å². The Morgan fingerprint density at radius 3 is 2.62 bits per heavy atom. The number of rotatable bonds is 6. The molecule has 2 unspecified atom stereocenters. The molecule has 3 heteroatoms. The Labute approximate surface area is 107 Å². The van der Waals surface area contributed by atoms with E-state index in [4.69, 9.17) is 4.74 Å². The summed E-state index contributed by atoms with van der Waals surface area (Å²) >= 11 is 3.57. The van der Waals surface area contributed by atoms with Gasteiger partial charge in [-0.3, -0.25) is 0 Å². The highest BCUT2D eigenvalue weighted by atomic mass is 79.9. The van der Waals surface area contributed by atoms with Crippen molar-refractivity contribution in [3.63, 3.8) is 0 Å².